The number of halogens is 2. The van der Waals surface area contributed by atoms with Gasteiger partial charge in [-0.25, -0.2) is 4.39 Å². The molecule has 1 saturated heterocycles. The zero-order valence-electron chi connectivity index (χ0n) is 8.12. The van der Waals surface area contributed by atoms with Crippen molar-refractivity contribution in [3.63, 3.8) is 0 Å². The number of aliphatic hydroxyl groups is 1. The second kappa shape index (κ2) is 4.73. The average Bonchev–Trinajstić information content (AvgIpc) is 2.60. The van der Waals surface area contributed by atoms with Crippen LogP contribution in [-0.2, 0) is 6.42 Å². The molecule has 1 heterocycles. The molecule has 0 spiro atoms. The molecule has 1 nitrogen and oxygen atoms in total. The van der Waals surface area contributed by atoms with Crippen LogP contribution in [0.3, 0.4) is 0 Å². The summed E-state index contributed by atoms with van der Waals surface area (Å²) in [6, 6.07) is 4.83. The van der Waals surface area contributed by atoms with Crippen LogP contribution in [0.1, 0.15) is 5.56 Å². The fraction of sp³-hybridized carbons (Fsp3) is 0.455. The van der Waals surface area contributed by atoms with Gasteiger partial charge in [0.15, 0.2) is 0 Å². The molecule has 1 aromatic carbocycles. The van der Waals surface area contributed by atoms with Gasteiger partial charge in [0.1, 0.15) is 5.82 Å². The summed E-state index contributed by atoms with van der Waals surface area (Å²) in [5.41, 5.74) is 0.795. The monoisotopic (exact) mass is 246 g/mol. The Bertz CT molecular complexity index is 358. The highest BCUT2D eigenvalue weighted by molar-refractivity contribution is 7.99. The third-order valence-electron chi connectivity index (χ3n) is 2.68. The number of hydrogen-bond acceptors (Lipinski definition) is 2. The van der Waals surface area contributed by atoms with Crippen LogP contribution in [0.4, 0.5) is 4.39 Å². The molecule has 0 aliphatic carbocycles. The molecular weight excluding hydrogens is 235 g/mol. The van der Waals surface area contributed by atoms with Gasteiger partial charge in [-0.2, -0.15) is 11.8 Å². The van der Waals surface area contributed by atoms with Gasteiger partial charge in [-0.15, -0.1) is 0 Å². The van der Waals surface area contributed by atoms with Crippen LogP contribution < -0.4 is 0 Å². The van der Waals surface area contributed by atoms with Crippen molar-refractivity contribution in [1.29, 1.82) is 0 Å². The third-order valence-corrected chi connectivity index (χ3v) is 4.34. The van der Waals surface area contributed by atoms with Crippen molar-refractivity contribution in [3.05, 3.63) is 34.6 Å². The molecule has 15 heavy (non-hydrogen) atoms. The summed E-state index contributed by atoms with van der Waals surface area (Å²) >= 11 is 7.59. The first-order valence-corrected chi connectivity index (χ1v) is 6.40. The molecule has 1 fully saturated rings. The van der Waals surface area contributed by atoms with E-state index in [4.69, 9.17) is 11.6 Å². The van der Waals surface area contributed by atoms with Crippen molar-refractivity contribution in [2.75, 3.05) is 11.5 Å². The van der Waals surface area contributed by atoms with Crippen molar-refractivity contribution in [2.45, 2.75) is 12.5 Å². The lowest BCUT2D eigenvalue weighted by atomic mass is 9.97. The largest absolute Gasteiger partial charge is 0.392 e. The first-order chi connectivity index (χ1) is 7.18. The minimum atomic E-state index is -0.380. The van der Waals surface area contributed by atoms with Gasteiger partial charge < -0.3 is 5.11 Å². The van der Waals surface area contributed by atoms with Gasteiger partial charge in [0.2, 0.25) is 0 Å². The lowest BCUT2D eigenvalue weighted by Gasteiger charge is -2.14. The molecule has 1 aromatic rings. The molecule has 0 amide bonds. The Hall–Kier alpha value is -0.250. The number of rotatable bonds is 2. The molecule has 1 aliphatic rings. The zero-order valence-corrected chi connectivity index (χ0v) is 9.69. The fourth-order valence-electron chi connectivity index (χ4n) is 1.77. The molecule has 0 saturated carbocycles. The second-order valence-electron chi connectivity index (χ2n) is 3.78. The van der Waals surface area contributed by atoms with Crippen molar-refractivity contribution in [1.82, 2.24) is 0 Å². The maximum absolute atomic E-state index is 13.2. The maximum Gasteiger partial charge on any atom is 0.142 e. The molecule has 2 atom stereocenters. The SMILES string of the molecule is OC1CSCC1Cc1cccc(F)c1Cl. The summed E-state index contributed by atoms with van der Waals surface area (Å²) in [6.45, 7) is 0. The minimum absolute atomic E-state index is 0.196. The predicted octanol–water partition coefficient (Wildman–Crippen LogP) is 2.75. The van der Waals surface area contributed by atoms with Gasteiger partial charge in [0, 0.05) is 5.75 Å². The topological polar surface area (TPSA) is 20.2 Å². The molecular formula is C11H12ClFOS. The van der Waals surface area contributed by atoms with Crippen LogP contribution in [0.5, 0.6) is 0 Å². The molecule has 82 valence electrons. The third kappa shape index (κ3) is 2.47. The molecule has 0 bridgehead atoms. The lowest BCUT2D eigenvalue weighted by Crippen LogP contribution is -2.20. The summed E-state index contributed by atoms with van der Waals surface area (Å²) in [5.74, 6) is 1.52. The smallest absolute Gasteiger partial charge is 0.142 e. The lowest BCUT2D eigenvalue weighted by molar-refractivity contribution is 0.150. The minimum Gasteiger partial charge on any atom is -0.392 e. The van der Waals surface area contributed by atoms with Crippen LogP contribution in [-0.4, -0.2) is 22.7 Å². The summed E-state index contributed by atoms with van der Waals surface area (Å²) < 4.78 is 13.2. The van der Waals surface area contributed by atoms with E-state index in [0.29, 0.717) is 6.42 Å². The van der Waals surface area contributed by atoms with Crippen LogP contribution >= 0.6 is 23.4 Å². The maximum atomic E-state index is 13.2. The Morgan fingerprint density at radius 2 is 2.27 bits per heavy atom. The molecule has 1 N–H and O–H groups in total. The molecule has 4 heteroatoms. The molecule has 2 rings (SSSR count). The highest BCUT2D eigenvalue weighted by atomic mass is 35.5. The Balaban J connectivity index is 2.13. The van der Waals surface area contributed by atoms with Crippen molar-refractivity contribution >= 4 is 23.4 Å². The average molecular weight is 247 g/mol. The highest BCUT2D eigenvalue weighted by Crippen LogP contribution is 2.30. The van der Waals surface area contributed by atoms with E-state index in [-0.39, 0.29) is 22.9 Å². The van der Waals surface area contributed by atoms with Crippen LogP contribution in [0.25, 0.3) is 0 Å². The summed E-state index contributed by atoms with van der Waals surface area (Å²) in [6.07, 6.45) is 0.374. The summed E-state index contributed by atoms with van der Waals surface area (Å²) in [4.78, 5) is 0. The Morgan fingerprint density at radius 3 is 2.93 bits per heavy atom. The van der Waals surface area contributed by atoms with E-state index >= 15 is 0 Å². The van der Waals surface area contributed by atoms with Gasteiger partial charge in [-0.1, -0.05) is 23.7 Å². The van der Waals surface area contributed by atoms with Gasteiger partial charge in [-0.3, -0.25) is 0 Å². The van der Waals surface area contributed by atoms with Gasteiger partial charge >= 0.3 is 0 Å². The van der Waals surface area contributed by atoms with Crippen molar-refractivity contribution < 1.29 is 9.50 Å². The van der Waals surface area contributed by atoms with Gasteiger partial charge in [0.05, 0.1) is 11.1 Å². The Morgan fingerprint density at radius 1 is 1.47 bits per heavy atom. The first kappa shape index (κ1) is 11.2. The number of hydrogen-bond donors (Lipinski definition) is 1. The van der Waals surface area contributed by atoms with Crippen LogP contribution in [0.15, 0.2) is 18.2 Å². The summed E-state index contributed by atoms with van der Waals surface area (Å²) in [7, 11) is 0. The summed E-state index contributed by atoms with van der Waals surface area (Å²) in [5, 5.41) is 9.85. The van der Waals surface area contributed by atoms with Gasteiger partial charge in [-0.05, 0) is 29.7 Å². The number of thioether (sulfide) groups is 1. The number of benzene rings is 1. The molecule has 2 unspecified atom stereocenters. The normalized spacial score (nSPS) is 25.8. The van der Waals surface area contributed by atoms with E-state index in [0.717, 1.165) is 17.1 Å². The Labute approximate surface area is 97.6 Å². The van der Waals surface area contributed by atoms with E-state index in [2.05, 4.69) is 0 Å². The van der Waals surface area contributed by atoms with E-state index in [9.17, 15) is 9.50 Å². The van der Waals surface area contributed by atoms with Crippen LogP contribution in [0, 0.1) is 11.7 Å². The highest BCUT2D eigenvalue weighted by Gasteiger charge is 2.26. The van der Waals surface area contributed by atoms with E-state index in [1.54, 1.807) is 17.8 Å². The second-order valence-corrected chi connectivity index (χ2v) is 5.23. The van der Waals surface area contributed by atoms with Crippen LogP contribution in [0.2, 0.25) is 5.02 Å². The molecule has 1 aliphatic heterocycles. The number of aliphatic hydroxyl groups excluding tert-OH is 1. The fourth-order valence-corrected chi connectivity index (χ4v) is 3.27. The Kier molecular flexibility index (Phi) is 3.54. The molecule has 0 radical (unpaired) electrons. The van der Waals surface area contributed by atoms with Gasteiger partial charge in [0.25, 0.3) is 0 Å². The van der Waals surface area contributed by atoms with Crippen molar-refractivity contribution in [3.8, 4) is 0 Å². The van der Waals surface area contributed by atoms with E-state index < -0.39 is 0 Å². The van der Waals surface area contributed by atoms with E-state index in [1.165, 1.54) is 6.07 Å². The predicted molar refractivity (Wildman–Crippen MR) is 61.9 cm³/mol. The van der Waals surface area contributed by atoms with Crippen molar-refractivity contribution in [2.24, 2.45) is 5.92 Å². The first-order valence-electron chi connectivity index (χ1n) is 4.87. The standard InChI is InChI=1S/C11H12ClFOS/c12-11-7(2-1-3-9(11)13)4-8-5-15-6-10(8)14/h1-3,8,10,14H,4-6H2. The van der Waals surface area contributed by atoms with E-state index in [1.807, 2.05) is 6.07 Å². The quantitative estimate of drug-likeness (QED) is 0.866. The zero-order chi connectivity index (χ0) is 10.8. The molecule has 0 aromatic heterocycles.